The monoisotopic (exact) mass is 269 g/mol. The molecule has 5 nitrogen and oxygen atoms in total. The minimum atomic E-state index is -0.998. The van der Waals surface area contributed by atoms with E-state index in [0.717, 1.165) is 37.2 Å². The zero-order valence-electron chi connectivity index (χ0n) is 9.85. The fourth-order valence-electron chi connectivity index (χ4n) is 1.88. The molecule has 0 radical (unpaired) electrons. The van der Waals surface area contributed by atoms with Gasteiger partial charge in [-0.15, -0.1) is 11.3 Å². The van der Waals surface area contributed by atoms with Gasteiger partial charge in [-0.05, 0) is 31.4 Å². The van der Waals surface area contributed by atoms with E-state index in [-0.39, 0.29) is 16.8 Å². The molecule has 0 saturated carbocycles. The number of aromatic carboxylic acids is 1. The van der Waals surface area contributed by atoms with Gasteiger partial charge >= 0.3 is 5.97 Å². The Hall–Kier alpha value is -1.40. The zero-order valence-corrected chi connectivity index (χ0v) is 10.7. The third-order valence-corrected chi connectivity index (χ3v) is 3.90. The van der Waals surface area contributed by atoms with Crippen LogP contribution in [0, 0.1) is 0 Å². The zero-order chi connectivity index (χ0) is 13.0. The van der Waals surface area contributed by atoms with E-state index in [0.29, 0.717) is 11.5 Å². The molecule has 1 unspecified atom stereocenters. The van der Waals surface area contributed by atoms with E-state index in [2.05, 4.69) is 5.32 Å². The van der Waals surface area contributed by atoms with E-state index in [1.54, 1.807) is 6.07 Å². The molecular formula is C12H15NO4S. The van der Waals surface area contributed by atoms with Crippen molar-refractivity contribution in [2.24, 2.45) is 0 Å². The highest BCUT2D eigenvalue weighted by atomic mass is 32.1. The van der Waals surface area contributed by atoms with E-state index in [1.165, 1.54) is 6.07 Å². The molecule has 1 aromatic heterocycles. The number of thiophene rings is 1. The van der Waals surface area contributed by atoms with Gasteiger partial charge in [-0.2, -0.15) is 0 Å². The van der Waals surface area contributed by atoms with Gasteiger partial charge in [0, 0.05) is 19.3 Å². The van der Waals surface area contributed by atoms with Crippen molar-refractivity contribution in [3.05, 3.63) is 21.9 Å². The van der Waals surface area contributed by atoms with E-state index in [1.807, 2.05) is 0 Å². The van der Waals surface area contributed by atoms with Gasteiger partial charge in [0.15, 0.2) is 0 Å². The average molecular weight is 269 g/mol. The molecule has 6 heteroatoms. The highest BCUT2D eigenvalue weighted by Crippen LogP contribution is 2.17. The summed E-state index contributed by atoms with van der Waals surface area (Å²) in [5, 5.41) is 11.7. The van der Waals surface area contributed by atoms with Crippen LogP contribution in [0.5, 0.6) is 0 Å². The van der Waals surface area contributed by atoms with Crippen molar-refractivity contribution in [3.8, 4) is 0 Å². The molecule has 98 valence electrons. The number of carbonyl (C=O) groups is 2. The molecule has 2 rings (SSSR count). The smallest absolute Gasteiger partial charge is 0.345 e. The molecule has 1 aromatic rings. The van der Waals surface area contributed by atoms with Crippen LogP contribution in [0.1, 0.15) is 38.6 Å². The Kier molecular flexibility index (Phi) is 4.33. The van der Waals surface area contributed by atoms with E-state index in [9.17, 15) is 9.59 Å². The van der Waals surface area contributed by atoms with Crippen LogP contribution in [-0.2, 0) is 4.74 Å². The number of hydrogen-bond donors (Lipinski definition) is 2. The van der Waals surface area contributed by atoms with Gasteiger partial charge in [-0.25, -0.2) is 4.79 Å². The Morgan fingerprint density at radius 1 is 1.28 bits per heavy atom. The summed E-state index contributed by atoms with van der Waals surface area (Å²) in [6.07, 6.45) is 2.65. The van der Waals surface area contributed by atoms with Crippen LogP contribution in [0.3, 0.4) is 0 Å². The summed E-state index contributed by atoms with van der Waals surface area (Å²) in [7, 11) is 0. The van der Waals surface area contributed by atoms with Crippen molar-refractivity contribution in [1.82, 2.24) is 5.32 Å². The normalized spacial score (nSPS) is 20.1. The molecule has 1 fully saturated rings. The first-order valence-corrected chi connectivity index (χ1v) is 6.70. The van der Waals surface area contributed by atoms with Crippen LogP contribution >= 0.6 is 11.3 Å². The van der Waals surface area contributed by atoms with Crippen molar-refractivity contribution in [1.29, 1.82) is 0 Å². The first kappa shape index (κ1) is 13.0. The number of rotatable bonds is 3. The van der Waals surface area contributed by atoms with Gasteiger partial charge < -0.3 is 15.2 Å². The minimum Gasteiger partial charge on any atom is -0.477 e. The quantitative estimate of drug-likeness (QED) is 0.876. The Bertz CT molecular complexity index is 435. The highest BCUT2D eigenvalue weighted by Gasteiger charge is 2.18. The molecular weight excluding hydrogens is 254 g/mol. The van der Waals surface area contributed by atoms with Crippen LogP contribution in [0.15, 0.2) is 12.1 Å². The number of ether oxygens (including phenoxy) is 1. The SMILES string of the molecule is O=C(O)c1ccc(C(=O)NC2CCCOCC2)s1. The van der Waals surface area contributed by atoms with E-state index >= 15 is 0 Å². The lowest BCUT2D eigenvalue weighted by molar-refractivity contribution is 0.0702. The second-order valence-corrected chi connectivity index (χ2v) is 5.27. The summed E-state index contributed by atoms with van der Waals surface area (Å²) in [5.74, 6) is -1.19. The molecule has 1 aliphatic heterocycles. The minimum absolute atomic E-state index is 0.121. The van der Waals surface area contributed by atoms with Crippen LogP contribution in [-0.4, -0.2) is 36.2 Å². The number of nitrogens with one attached hydrogen (secondary N) is 1. The number of hydrogen-bond acceptors (Lipinski definition) is 4. The maximum Gasteiger partial charge on any atom is 0.345 e. The van der Waals surface area contributed by atoms with E-state index in [4.69, 9.17) is 9.84 Å². The Balaban J connectivity index is 1.95. The van der Waals surface area contributed by atoms with Gasteiger partial charge in [0.25, 0.3) is 5.91 Å². The fourth-order valence-corrected chi connectivity index (χ4v) is 2.63. The second-order valence-electron chi connectivity index (χ2n) is 4.18. The summed E-state index contributed by atoms with van der Waals surface area (Å²) in [6.45, 7) is 1.41. The van der Waals surface area contributed by atoms with Gasteiger partial charge in [0.05, 0.1) is 4.88 Å². The standard InChI is InChI=1S/C12H15NO4S/c14-11(9-3-4-10(18-9)12(15)16)13-8-2-1-6-17-7-5-8/h3-4,8H,1-2,5-7H2,(H,13,14)(H,15,16). The maximum atomic E-state index is 11.9. The number of carbonyl (C=O) groups excluding carboxylic acids is 1. The van der Waals surface area contributed by atoms with Crippen LogP contribution in [0.4, 0.5) is 0 Å². The summed E-state index contributed by atoms with van der Waals surface area (Å²) < 4.78 is 5.32. The van der Waals surface area contributed by atoms with Crippen molar-refractivity contribution in [3.63, 3.8) is 0 Å². The molecule has 1 amide bonds. The summed E-state index contributed by atoms with van der Waals surface area (Å²) >= 11 is 1.00. The summed E-state index contributed by atoms with van der Waals surface area (Å²) in [6, 6.07) is 3.13. The number of carboxylic acids is 1. The lowest BCUT2D eigenvalue weighted by atomic mass is 10.1. The Morgan fingerprint density at radius 2 is 2.06 bits per heavy atom. The first-order chi connectivity index (χ1) is 8.66. The average Bonchev–Trinajstić information content (AvgIpc) is 2.70. The molecule has 18 heavy (non-hydrogen) atoms. The van der Waals surface area contributed by atoms with Crippen molar-refractivity contribution in [2.45, 2.75) is 25.3 Å². The van der Waals surface area contributed by atoms with Gasteiger partial charge in [-0.3, -0.25) is 4.79 Å². The van der Waals surface area contributed by atoms with Gasteiger partial charge in [-0.1, -0.05) is 0 Å². The van der Waals surface area contributed by atoms with Crippen molar-refractivity contribution in [2.75, 3.05) is 13.2 Å². The predicted octanol–water partition coefficient (Wildman–Crippen LogP) is 1.75. The third kappa shape index (κ3) is 3.30. The van der Waals surface area contributed by atoms with E-state index < -0.39 is 5.97 Å². The van der Waals surface area contributed by atoms with Gasteiger partial charge in [0.2, 0.25) is 0 Å². The van der Waals surface area contributed by atoms with Crippen molar-refractivity contribution < 1.29 is 19.4 Å². The van der Waals surface area contributed by atoms with Crippen molar-refractivity contribution >= 4 is 23.2 Å². The molecule has 2 N–H and O–H groups in total. The molecule has 2 heterocycles. The summed E-state index contributed by atoms with van der Waals surface area (Å²) in [4.78, 5) is 23.3. The Labute approximate surface area is 109 Å². The first-order valence-electron chi connectivity index (χ1n) is 5.88. The maximum absolute atomic E-state index is 11.9. The molecule has 1 saturated heterocycles. The molecule has 0 aromatic carbocycles. The Morgan fingerprint density at radius 3 is 2.78 bits per heavy atom. The number of carboxylic acid groups (broad SMARTS) is 1. The van der Waals surface area contributed by atoms with Crippen LogP contribution < -0.4 is 5.32 Å². The lowest BCUT2D eigenvalue weighted by Crippen LogP contribution is -2.34. The lowest BCUT2D eigenvalue weighted by Gasteiger charge is -2.14. The topological polar surface area (TPSA) is 75.6 Å². The van der Waals surface area contributed by atoms with Gasteiger partial charge in [0.1, 0.15) is 4.88 Å². The molecule has 0 bridgehead atoms. The molecule has 0 aliphatic carbocycles. The molecule has 1 aliphatic rings. The number of amides is 1. The predicted molar refractivity (Wildman–Crippen MR) is 67.2 cm³/mol. The molecule has 1 atom stereocenters. The second kappa shape index (κ2) is 5.97. The summed E-state index contributed by atoms with van der Waals surface area (Å²) in [5.41, 5.74) is 0. The molecule has 0 spiro atoms. The fraction of sp³-hybridized carbons (Fsp3) is 0.500. The highest BCUT2D eigenvalue weighted by molar-refractivity contribution is 7.15. The van der Waals surface area contributed by atoms with Crippen LogP contribution in [0.2, 0.25) is 0 Å². The van der Waals surface area contributed by atoms with Crippen LogP contribution in [0.25, 0.3) is 0 Å². The third-order valence-electron chi connectivity index (χ3n) is 2.83. The largest absolute Gasteiger partial charge is 0.477 e.